The number of hydrogen-bond donors (Lipinski definition) is 2. The van der Waals surface area contributed by atoms with Crippen LogP contribution in [0.2, 0.25) is 0 Å². The Bertz CT molecular complexity index is 729. The second-order valence-electron chi connectivity index (χ2n) is 4.54. The summed E-state index contributed by atoms with van der Waals surface area (Å²) in [5.74, 6) is -3.06. The van der Waals surface area contributed by atoms with Crippen LogP contribution in [0.25, 0.3) is 0 Å². The van der Waals surface area contributed by atoms with Crippen molar-refractivity contribution in [3.63, 3.8) is 0 Å². The first-order chi connectivity index (χ1) is 9.80. The van der Waals surface area contributed by atoms with E-state index in [1.165, 1.54) is 12.1 Å². The van der Waals surface area contributed by atoms with Crippen LogP contribution in [-0.4, -0.2) is 30.6 Å². The number of rotatable bonds is 4. The zero-order valence-corrected chi connectivity index (χ0v) is 11.6. The highest BCUT2D eigenvalue weighted by atomic mass is 32.2. The molecule has 0 radical (unpaired) electrons. The number of carboxylic acids is 2. The highest BCUT2D eigenvalue weighted by Crippen LogP contribution is 2.34. The lowest BCUT2D eigenvalue weighted by atomic mass is 9.82. The lowest BCUT2D eigenvalue weighted by molar-refractivity contribution is -0.160. The Balaban J connectivity index is 2.40. The minimum absolute atomic E-state index is 0.0686. The summed E-state index contributed by atoms with van der Waals surface area (Å²) in [5.41, 5.74) is -2.12. The molecule has 0 bridgehead atoms. The Morgan fingerprint density at radius 3 is 2.05 bits per heavy atom. The van der Waals surface area contributed by atoms with Gasteiger partial charge in [-0.05, 0) is 24.6 Å². The monoisotopic (exact) mass is 308 g/mol. The molecular formula is C14H12O6S. The van der Waals surface area contributed by atoms with Crippen LogP contribution in [0.5, 0.6) is 0 Å². The molecule has 0 atom stereocenters. The smallest absolute Gasteiger partial charge is 0.325 e. The van der Waals surface area contributed by atoms with Crippen LogP contribution in [0.3, 0.4) is 0 Å². The summed E-state index contributed by atoms with van der Waals surface area (Å²) in [7, 11) is -3.78. The van der Waals surface area contributed by atoms with E-state index in [0.717, 1.165) is 18.2 Å². The number of sulfone groups is 1. The van der Waals surface area contributed by atoms with Crippen LogP contribution in [-0.2, 0) is 19.4 Å². The van der Waals surface area contributed by atoms with Crippen molar-refractivity contribution in [2.24, 2.45) is 5.41 Å². The van der Waals surface area contributed by atoms with E-state index in [1.54, 1.807) is 18.2 Å². The molecule has 21 heavy (non-hydrogen) atoms. The molecule has 0 aromatic heterocycles. The number of allylic oxidation sites excluding steroid dienone is 2. The number of carbonyl (C=O) groups is 2. The topological polar surface area (TPSA) is 109 Å². The molecule has 7 heteroatoms. The first kappa shape index (κ1) is 15.0. The Hall–Kier alpha value is -2.41. The summed E-state index contributed by atoms with van der Waals surface area (Å²) in [5, 5.41) is 18.1. The highest BCUT2D eigenvalue weighted by molar-refractivity contribution is 7.95. The van der Waals surface area contributed by atoms with Gasteiger partial charge in [0.25, 0.3) is 0 Å². The predicted molar refractivity (Wildman–Crippen MR) is 73.2 cm³/mol. The summed E-state index contributed by atoms with van der Waals surface area (Å²) in [6.45, 7) is 0. The molecule has 0 spiro atoms. The average molecular weight is 308 g/mol. The third-order valence-electron chi connectivity index (χ3n) is 3.28. The lowest BCUT2D eigenvalue weighted by Crippen LogP contribution is -2.38. The molecule has 0 unspecified atom stereocenters. The van der Waals surface area contributed by atoms with Gasteiger partial charge < -0.3 is 10.2 Å². The zero-order valence-electron chi connectivity index (χ0n) is 10.8. The van der Waals surface area contributed by atoms with Crippen LogP contribution in [0.15, 0.2) is 58.4 Å². The Morgan fingerprint density at radius 1 is 1.05 bits per heavy atom. The summed E-state index contributed by atoms with van der Waals surface area (Å²) < 4.78 is 24.6. The zero-order chi connectivity index (χ0) is 15.7. The van der Waals surface area contributed by atoms with Gasteiger partial charge in [-0.3, -0.25) is 9.59 Å². The largest absolute Gasteiger partial charge is 0.480 e. The summed E-state index contributed by atoms with van der Waals surface area (Å²) in [4.78, 5) is 22.2. The number of hydrogen-bond acceptors (Lipinski definition) is 4. The fraction of sp³-hybridized carbons (Fsp3) is 0.143. The van der Waals surface area contributed by atoms with E-state index >= 15 is 0 Å². The fourth-order valence-electron chi connectivity index (χ4n) is 1.97. The van der Waals surface area contributed by atoms with Crippen LogP contribution in [0, 0.1) is 5.41 Å². The van der Waals surface area contributed by atoms with Gasteiger partial charge in [0, 0.05) is 0 Å². The third kappa shape index (κ3) is 2.47. The molecule has 0 saturated heterocycles. The molecule has 0 fully saturated rings. The number of aliphatic carboxylic acids is 2. The van der Waals surface area contributed by atoms with Crippen molar-refractivity contribution in [3.05, 3.63) is 53.5 Å². The first-order valence-electron chi connectivity index (χ1n) is 5.97. The molecule has 0 aliphatic heterocycles. The fourth-order valence-corrected chi connectivity index (χ4v) is 3.30. The predicted octanol–water partition coefficient (Wildman–Crippen LogP) is 1.46. The van der Waals surface area contributed by atoms with Gasteiger partial charge in [-0.15, -0.1) is 0 Å². The van der Waals surface area contributed by atoms with Gasteiger partial charge in [0.05, 0.1) is 9.80 Å². The molecule has 1 aliphatic rings. The van der Waals surface area contributed by atoms with E-state index in [0.29, 0.717) is 0 Å². The van der Waals surface area contributed by atoms with Crippen molar-refractivity contribution in [3.8, 4) is 0 Å². The molecule has 2 N–H and O–H groups in total. The van der Waals surface area contributed by atoms with Gasteiger partial charge in [-0.2, -0.15) is 0 Å². The van der Waals surface area contributed by atoms with Crippen molar-refractivity contribution in [2.45, 2.75) is 11.3 Å². The molecule has 0 heterocycles. The second kappa shape index (κ2) is 5.17. The van der Waals surface area contributed by atoms with Crippen LogP contribution >= 0.6 is 0 Å². The van der Waals surface area contributed by atoms with Gasteiger partial charge in [-0.1, -0.05) is 30.4 Å². The van der Waals surface area contributed by atoms with Gasteiger partial charge in [-0.25, -0.2) is 8.42 Å². The van der Waals surface area contributed by atoms with E-state index in [-0.39, 0.29) is 9.80 Å². The second-order valence-corrected chi connectivity index (χ2v) is 6.49. The Kier molecular flexibility index (Phi) is 3.69. The standard InChI is InChI=1S/C14H12O6S/c15-12(16)14(13(17)18)8-6-11(7-9-14)21(19,20)10-4-2-1-3-5-10/h1-8H,9H2,(H,15,16)(H,17,18). The van der Waals surface area contributed by atoms with Crippen LogP contribution in [0.1, 0.15) is 6.42 Å². The minimum Gasteiger partial charge on any atom is -0.480 e. The quantitative estimate of drug-likeness (QED) is 0.815. The Morgan fingerprint density at radius 2 is 1.62 bits per heavy atom. The van der Waals surface area contributed by atoms with Crippen molar-refractivity contribution < 1.29 is 28.2 Å². The van der Waals surface area contributed by atoms with E-state index in [4.69, 9.17) is 10.2 Å². The van der Waals surface area contributed by atoms with E-state index in [9.17, 15) is 18.0 Å². The average Bonchev–Trinajstić information content (AvgIpc) is 2.47. The summed E-state index contributed by atoms with van der Waals surface area (Å²) >= 11 is 0. The molecule has 1 aromatic carbocycles. The van der Waals surface area contributed by atoms with Crippen molar-refractivity contribution >= 4 is 21.8 Å². The minimum atomic E-state index is -3.78. The normalized spacial score (nSPS) is 17.0. The van der Waals surface area contributed by atoms with Gasteiger partial charge in [0.2, 0.25) is 9.84 Å². The van der Waals surface area contributed by atoms with Gasteiger partial charge in [0.15, 0.2) is 5.41 Å². The van der Waals surface area contributed by atoms with Crippen LogP contribution < -0.4 is 0 Å². The molecule has 1 aromatic rings. The number of benzene rings is 1. The van der Waals surface area contributed by atoms with E-state index < -0.39 is 33.6 Å². The van der Waals surface area contributed by atoms with E-state index in [1.807, 2.05) is 0 Å². The summed E-state index contributed by atoms with van der Waals surface area (Å²) in [6.07, 6.45) is 2.65. The maximum Gasteiger partial charge on any atom is 0.325 e. The maximum atomic E-state index is 12.3. The third-order valence-corrected chi connectivity index (χ3v) is 5.10. The van der Waals surface area contributed by atoms with Crippen molar-refractivity contribution in [1.29, 1.82) is 0 Å². The molecule has 0 saturated carbocycles. The molecule has 1 aliphatic carbocycles. The molecule has 6 nitrogen and oxygen atoms in total. The molecule has 110 valence electrons. The van der Waals surface area contributed by atoms with Crippen molar-refractivity contribution in [1.82, 2.24) is 0 Å². The van der Waals surface area contributed by atoms with E-state index in [2.05, 4.69) is 0 Å². The maximum absolute atomic E-state index is 12.3. The summed E-state index contributed by atoms with van der Waals surface area (Å²) in [6, 6.07) is 7.64. The Labute approximate surface area is 121 Å². The number of carboxylic acid groups (broad SMARTS) is 2. The molecule has 0 amide bonds. The lowest BCUT2D eigenvalue weighted by Gasteiger charge is -2.23. The van der Waals surface area contributed by atoms with Gasteiger partial charge in [0.1, 0.15) is 0 Å². The molecule has 2 rings (SSSR count). The van der Waals surface area contributed by atoms with Crippen LogP contribution in [0.4, 0.5) is 0 Å². The van der Waals surface area contributed by atoms with Crippen molar-refractivity contribution in [2.75, 3.05) is 0 Å². The van der Waals surface area contributed by atoms with Gasteiger partial charge >= 0.3 is 11.9 Å². The highest BCUT2D eigenvalue weighted by Gasteiger charge is 2.45. The SMILES string of the molecule is O=C(O)C1(C(=O)O)C=CC(S(=O)(=O)c2ccccc2)=CC1. The molecular weight excluding hydrogens is 296 g/mol. The first-order valence-corrected chi connectivity index (χ1v) is 7.45.